The van der Waals surface area contributed by atoms with Gasteiger partial charge in [-0.05, 0) is 19.1 Å². The average Bonchev–Trinajstić information content (AvgIpc) is 2.04. The minimum Gasteiger partial charge on any atom is -0.486 e. The van der Waals surface area contributed by atoms with Crippen molar-refractivity contribution >= 4 is 0 Å². The van der Waals surface area contributed by atoms with E-state index in [2.05, 4.69) is 0 Å². The molecule has 2 nitrogen and oxygen atoms in total. The van der Waals surface area contributed by atoms with E-state index in [-0.39, 0.29) is 12.2 Å². The molecule has 0 saturated heterocycles. The van der Waals surface area contributed by atoms with Crippen LogP contribution < -0.4 is 0 Å². The average molecular weight is 150 g/mol. The van der Waals surface area contributed by atoms with Gasteiger partial charge in [0.15, 0.2) is 12.2 Å². The van der Waals surface area contributed by atoms with Crippen LogP contribution in [0.2, 0.25) is 0 Å². The van der Waals surface area contributed by atoms with Crippen LogP contribution >= 0.6 is 0 Å². The van der Waals surface area contributed by atoms with Gasteiger partial charge in [-0.15, -0.1) is 0 Å². The van der Waals surface area contributed by atoms with E-state index in [0.29, 0.717) is 0 Å². The number of rotatable bonds is 0. The Morgan fingerprint density at radius 3 is 2.73 bits per heavy atom. The first-order valence-corrected chi connectivity index (χ1v) is 3.70. The van der Waals surface area contributed by atoms with Crippen LogP contribution in [0.1, 0.15) is 6.92 Å². The van der Waals surface area contributed by atoms with Gasteiger partial charge in [0.05, 0.1) is 0 Å². The summed E-state index contributed by atoms with van der Waals surface area (Å²) in [4.78, 5) is 0. The van der Waals surface area contributed by atoms with Gasteiger partial charge in [-0.2, -0.15) is 0 Å². The lowest BCUT2D eigenvalue weighted by Crippen LogP contribution is -2.31. The Kier molecular flexibility index (Phi) is 1.46. The molecule has 2 heteroatoms. The molecule has 0 amide bonds. The summed E-state index contributed by atoms with van der Waals surface area (Å²) in [5.74, 6) is 0.839. The fourth-order valence-corrected chi connectivity index (χ4v) is 1.21. The summed E-state index contributed by atoms with van der Waals surface area (Å²) in [6.07, 6.45) is 9.75. The molecule has 0 saturated carbocycles. The Labute approximate surface area is 65.8 Å². The topological polar surface area (TPSA) is 18.5 Å². The molecule has 2 atom stereocenters. The molecule has 11 heavy (non-hydrogen) atoms. The van der Waals surface area contributed by atoms with Gasteiger partial charge in [0.25, 0.3) is 0 Å². The van der Waals surface area contributed by atoms with Crippen LogP contribution in [-0.4, -0.2) is 12.2 Å². The predicted molar refractivity (Wildman–Crippen MR) is 41.8 cm³/mol. The van der Waals surface area contributed by atoms with Crippen molar-refractivity contribution in [1.29, 1.82) is 0 Å². The van der Waals surface area contributed by atoms with E-state index in [4.69, 9.17) is 9.47 Å². The zero-order chi connectivity index (χ0) is 7.68. The van der Waals surface area contributed by atoms with Crippen molar-refractivity contribution < 1.29 is 9.47 Å². The fourth-order valence-electron chi connectivity index (χ4n) is 1.21. The molecule has 58 valence electrons. The van der Waals surface area contributed by atoms with Crippen molar-refractivity contribution in [2.75, 3.05) is 0 Å². The molecular weight excluding hydrogens is 140 g/mol. The molecule has 2 unspecified atom stereocenters. The Morgan fingerprint density at radius 1 is 1.18 bits per heavy atom. The number of hydrogen-bond acceptors (Lipinski definition) is 2. The maximum absolute atomic E-state index is 5.49. The smallest absolute Gasteiger partial charge is 0.157 e. The summed E-state index contributed by atoms with van der Waals surface area (Å²) < 4.78 is 10.9. The molecule has 0 N–H and O–H groups in total. The first-order valence-electron chi connectivity index (χ1n) is 3.70. The van der Waals surface area contributed by atoms with Gasteiger partial charge in [-0.1, -0.05) is 12.2 Å². The van der Waals surface area contributed by atoms with Gasteiger partial charge in [0.1, 0.15) is 12.0 Å². The Balaban J connectivity index is 2.18. The third kappa shape index (κ3) is 1.16. The molecule has 2 aliphatic rings. The lowest BCUT2D eigenvalue weighted by Gasteiger charge is -2.28. The molecule has 0 aromatic rings. The second kappa shape index (κ2) is 2.46. The van der Waals surface area contributed by atoms with Gasteiger partial charge in [0, 0.05) is 0 Å². The van der Waals surface area contributed by atoms with E-state index in [1.807, 2.05) is 31.2 Å². The van der Waals surface area contributed by atoms with E-state index >= 15 is 0 Å². The molecule has 0 aromatic carbocycles. The van der Waals surface area contributed by atoms with Gasteiger partial charge in [0.2, 0.25) is 0 Å². The molecule has 0 aromatic heterocycles. The van der Waals surface area contributed by atoms with Crippen molar-refractivity contribution in [3.8, 4) is 0 Å². The minimum absolute atomic E-state index is 0.0729. The van der Waals surface area contributed by atoms with Crippen LogP contribution in [0.25, 0.3) is 0 Å². The van der Waals surface area contributed by atoms with Gasteiger partial charge < -0.3 is 9.47 Å². The van der Waals surface area contributed by atoms with Crippen molar-refractivity contribution in [2.45, 2.75) is 19.1 Å². The first-order chi connectivity index (χ1) is 5.36. The molecule has 2 rings (SSSR count). The van der Waals surface area contributed by atoms with Crippen LogP contribution in [0.5, 0.6) is 0 Å². The zero-order valence-corrected chi connectivity index (χ0v) is 6.36. The van der Waals surface area contributed by atoms with E-state index < -0.39 is 0 Å². The number of ether oxygens (including phenoxy) is 2. The van der Waals surface area contributed by atoms with Crippen molar-refractivity contribution in [2.24, 2.45) is 0 Å². The molecule has 0 radical (unpaired) electrons. The monoisotopic (exact) mass is 150 g/mol. The largest absolute Gasteiger partial charge is 0.486 e. The summed E-state index contributed by atoms with van der Waals surface area (Å²) in [5.41, 5.74) is 0. The number of hydrogen-bond donors (Lipinski definition) is 0. The highest BCUT2D eigenvalue weighted by Crippen LogP contribution is 2.20. The van der Waals surface area contributed by atoms with Gasteiger partial charge in [-0.25, -0.2) is 0 Å². The highest BCUT2D eigenvalue weighted by atomic mass is 16.6. The normalized spacial score (nSPS) is 33.4. The maximum atomic E-state index is 5.49. The molecule has 1 heterocycles. The fraction of sp³-hybridized carbons (Fsp3) is 0.333. The van der Waals surface area contributed by atoms with Gasteiger partial charge >= 0.3 is 0 Å². The lowest BCUT2D eigenvalue weighted by molar-refractivity contribution is 0.000586. The van der Waals surface area contributed by atoms with Crippen molar-refractivity contribution in [3.05, 3.63) is 36.3 Å². The quantitative estimate of drug-likeness (QED) is 0.523. The summed E-state index contributed by atoms with van der Waals surface area (Å²) in [6, 6.07) is 0. The van der Waals surface area contributed by atoms with Crippen LogP contribution in [0.4, 0.5) is 0 Å². The van der Waals surface area contributed by atoms with E-state index in [9.17, 15) is 0 Å². The lowest BCUT2D eigenvalue weighted by atomic mass is 10.1. The first kappa shape index (κ1) is 6.53. The Bertz CT molecular complexity index is 238. The maximum Gasteiger partial charge on any atom is 0.157 e. The molecule has 0 spiro atoms. The van der Waals surface area contributed by atoms with Crippen LogP contribution in [0.15, 0.2) is 36.3 Å². The van der Waals surface area contributed by atoms with Crippen LogP contribution in [0, 0.1) is 0 Å². The SMILES string of the molecule is CC1=COC2C=CC=CC2O1. The standard InChI is InChI=1S/C9H10O2/c1-7-6-10-8-4-2-3-5-9(8)11-7/h2-6,8-9H,1H3. The summed E-state index contributed by atoms with van der Waals surface area (Å²) in [6.45, 7) is 1.89. The molecule has 0 fully saturated rings. The molecule has 1 aliphatic carbocycles. The van der Waals surface area contributed by atoms with E-state index in [1.165, 1.54) is 0 Å². The Hall–Kier alpha value is -1.18. The number of fused-ring (bicyclic) bond motifs is 1. The Morgan fingerprint density at radius 2 is 1.91 bits per heavy atom. The molecular formula is C9H10O2. The molecule has 1 aliphatic heterocycles. The van der Waals surface area contributed by atoms with Crippen LogP contribution in [0.3, 0.4) is 0 Å². The third-order valence-electron chi connectivity index (χ3n) is 1.75. The number of allylic oxidation sites excluding steroid dienone is 3. The highest BCUT2D eigenvalue weighted by molar-refractivity contribution is 5.19. The summed E-state index contributed by atoms with van der Waals surface area (Å²) in [5, 5.41) is 0. The van der Waals surface area contributed by atoms with E-state index in [0.717, 1.165) is 5.76 Å². The third-order valence-corrected chi connectivity index (χ3v) is 1.75. The minimum atomic E-state index is 0.0729. The van der Waals surface area contributed by atoms with Crippen molar-refractivity contribution in [3.63, 3.8) is 0 Å². The van der Waals surface area contributed by atoms with Crippen molar-refractivity contribution in [1.82, 2.24) is 0 Å². The summed E-state index contributed by atoms with van der Waals surface area (Å²) in [7, 11) is 0. The zero-order valence-electron chi connectivity index (χ0n) is 6.36. The second-order valence-corrected chi connectivity index (χ2v) is 2.68. The van der Waals surface area contributed by atoms with Crippen LogP contribution in [-0.2, 0) is 9.47 Å². The van der Waals surface area contributed by atoms with Gasteiger partial charge in [-0.3, -0.25) is 0 Å². The highest BCUT2D eigenvalue weighted by Gasteiger charge is 2.24. The molecule has 0 bridgehead atoms. The second-order valence-electron chi connectivity index (χ2n) is 2.68. The predicted octanol–water partition coefficient (Wildman–Crippen LogP) is 1.76. The summed E-state index contributed by atoms with van der Waals surface area (Å²) >= 11 is 0. The van der Waals surface area contributed by atoms with E-state index in [1.54, 1.807) is 6.26 Å².